The first-order chi connectivity index (χ1) is 8.15. The molecule has 1 nitrogen and oxygen atoms in total. The third kappa shape index (κ3) is 3.70. The molecule has 0 amide bonds. The first-order valence-electron chi connectivity index (χ1n) is 5.70. The van der Waals surface area contributed by atoms with E-state index in [2.05, 4.69) is 31.2 Å². The third-order valence-electron chi connectivity index (χ3n) is 2.99. The molecular weight excluding hydrogens is 273 g/mol. The van der Waals surface area contributed by atoms with Crippen LogP contribution in [0.25, 0.3) is 0 Å². The van der Waals surface area contributed by atoms with Crippen molar-refractivity contribution < 1.29 is 0 Å². The van der Waals surface area contributed by atoms with Crippen molar-refractivity contribution in [2.24, 2.45) is 0 Å². The van der Waals surface area contributed by atoms with E-state index in [0.29, 0.717) is 11.9 Å². The minimum atomic E-state index is 0.453. The van der Waals surface area contributed by atoms with Crippen LogP contribution in [0.2, 0.25) is 5.02 Å². The fraction of sp³-hybridized carbons (Fsp3) is 0.538. The molecular formula is C13H19Cl2NS. The Morgan fingerprint density at radius 1 is 1.41 bits per heavy atom. The lowest BCUT2D eigenvalue weighted by atomic mass is 10.1. The Morgan fingerprint density at radius 3 is 2.65 bits per heavy atom. The smallest absolute Gasteiger partial charge is 0.0509 e. The van der Waals surface area contributed by atoms with Gasteiger partial charge in [0.1, 0.15) is 0 Å². The highest BCUT2D eigenvalue weighted by molar-refractivity contribution is 7.98. The number of nitrogens with zero attached hydrogens (tertiary/aromatic N) is 1. The van der Waals surface area contributed by atoms with Gasteiger partial charge in [0.05, 0.1) is 5.88 Å². The lowest BCUT2D eigenvalue weighted by Gasteiger charge is -2.30. The van der Waals surface area contributed by atoms with Crippen molar-refractivity contribution in [1.82, 2.24) is 0 Å². The topological polar surface area (TPSA) is 3.24 Å². The lowest BCUT2D eigenvalue weighted by molar-refractivity contribution is 0.671. The van der Waals surface area contributed by atoms with Crippen LogP contribution in [0.15, 0.2) is 18.2 Å². The molecule has 4 heteroatoms. The zero-order valence-corrected chi connectivity index (χ0v) is 12.9. The fourth-order valence-corrected chi connectivity index (χ4v) is 3.33. The quantitative estimate of drug-likeness (QED) is 0.702. The van der Waals surface area contributed by atoms with E-state index in [1.54, 1.807) is 0 Å². The zero-order chi connectivity index (χ0) is 12.8. The molecule has 0 spiro atoms. The van der Waals surface area contributed by atoms with Gasteiger partial charge >= 0.3 is 0 Å². The van der Waals surface area contributed by atoms with Crippen molar-refractivity contribution in [2.45, 2.75) is 25.3 Å². The van der Waals surface area contributed by atoms with Gasteiger partial charge in [-0.3, -0.25) is 0 Å². The molecule has 0 heterocycles. The Kier molecular flexibility index (Phi) is 6.53. The van der Waals surface area contributed by atoms with E-state index in [-0.39, 0.29) is 0 Å². The molecule has 1 aromatic rings. The van der Waals surface area contributed by atoms with E-state index >= 15 is 0 Å². The number of thioether (sulfide) groups is 1. The zero-order valence-electron chi connectivity index (χ0n) is 10.5. The minimum absolute atomic E-state index is 0.453. The molecule has 0 fully saturated rings. The van der Waals surface area contributed by atoms with Crippen molar-refractivity contribution in [3.63, 3.8) is 0 Å². The molecule has 17 heavy (non-hydrogen) atoms. The van der Waals surface area contributed by atoms with Crippen molar-refractivity contribution >= 4 is 40.7 Å². The van der Waals surface area contributed by atoms with Gasteiger partial charge in [-0.05, 0) is 24.8 Å². The Balaban J connectivity index is 3.01. The van der Waals surface area contributed by atoms with E-state index in [4.69, 9.17) is 23.2 Å². The summed E-state index contributed by atoms with van der Waals surface area (Å²) in [4.78, 5) is 2.29. The average Bonchev–Trinajstić information content (AvgIpc) is 2.34. The molecule has 0 saturated carbocycles. The summed E-state index contributed by atoms with van der Waals surface area (Å²) in [6, 6.07) is 6.49. The summed E-state index contributed by atoms with van der Waals surface area (Å²) in [5, 5.41) is 0.753. The van der Waals surface area contributed by atoms with Crippen LogP contribution >= 0.6 is 35.0 Å². The number of alkyl halides is 1. The summed E-state index contributed by atoms with van der Waals surface area (Å²) in [5.74, 6) is 1.57. The summed E-state index contributed by atoms with van der Waals surface area (Å²) >= 11 is 14.0. The first-order valence-corrected chi connectivity index (χ1v) is 8.01. The van der Waals surface area contributed by atoms with E-state index in [1.165, 1.54) is 0 Å². The fourth-order valence-electron chi connectivity index (χ4n) is 1.90. The molecule has 1 rings (SSSR count). The van der Waals surface area contributed by atoms with Crippen LogP contribution in [-0.4, -0.2) is 25.1 Å². The molecule has 0 aromatic heterocycles. The van der Waals surface area contributed by atoms with Crippen LogP contribution in [0.4, 0.5) is 5.69 Å². The van der Waals surface area contributed by atoms with Gasteiger partial charge in [-0.2, -0.15) is 11.8 Å². The number of rotatable bonds is 6. The minimum Gasteiger partial charge on any atom is -0.370 e. The van der Waals surface area contributed by atoms with Gasteiger partial charge in [-0.15, -0.1) is 11.6 Å². The van der Waals surface area contributed by atoms with Gasteiger partial charge in [-0.25, -0.2) is 0 Å². The summed E-state index contributed by atoms with van der Waals surface area (Å²) in [7, 11) is 2.12. The van der Waals surface area contributed by atoms with Crippen LogP contribution in [0.3, 0.4) is 0 Å². The first kappa shape index (κ1) is 15.0. The second kappa shape index (κ2) is 7.40. The van der Waals surface area contributed by atoms with Crippen LogP contribution < -0.4 is 4.90 Å². The molecule has 0 aliphatic rings. The Labute approximate surface area is 118 Å². The SMILES string of the molecule is CCC(CSC)N(C)c1cccc(Cl)c1CCl. The maximum absolute atomic E-state index is 6.18. The lowest BCUT2D eigenvalue weighted by Crippen LogP contribution is -2.33. The summed E-state index contributed by atoms with van der Waals surface area (Å²) in [6.45, 7) is 2.21. The number of anilines is 1. The van der Waals surface area contributed by atoms with Crippen LogP contribution in [0, 0.1) is 0 Å². The number of hydrogen-bond acceptors (Lipinski definition) is 2. The predicted molar refractivity (Wildman–Crippen MR) is 81.9 cm³/mol. The Hall–Kier alpha value is -0.0500. The molecule has 96 valence electrons. The molecule has 0 saturated heterocycles. The van der Waals surface area contributed by atoms with Gasteiger partial charge in [0.25, 0.3) is 0 Å². The number of halogens is 2. The van der Waals surface area contributed by atoms with E-state index in [9.17, 15) is 0 Å². The highest BCUT2D eigenvalue weighted by atomic mass is 35.5. The number of benzene rings is 1. The van der Waals surface area contributed by atoms with Crippen LogP contribution in [0.5, 0.6) is 0 Å². The summed E-state index contributed by atoms with van der Waals surface area (Å²) in [6.07, 6.45) is 3.25. The highest BCUT2D eigenvalue weighted by Crippen LogP contribution is 2.30. The van der Waals surface area contributed by atoms with Crippen molar-refractivity contribution in [1.29, 1.82) is 0 Å². The molecule has 0 N–H and O–H groups in total. The molecule has 0 aliphatic heterocycles. The molecule has 0 bridgehead atoms. The van der Waals surface area contributed by atoms with E-state index in [1.807, 2.05) is 23.9 Å². The van der Waals surface area contributed by atoms with Crippen molar-refractivity contribution in [3.8, 4) is 0 Å². The van der Waals surface area contributed by atoms with Gasteiger partial charge in [0.2, 0.25) is 0 Å². The summed E-state index contributed by atoms with van der Waals surface area (Å²) in [5.41, 5.74) is 2.17. The van der Waals surface area contributed by atoms with Crippen molar-refractivity contribution in [3.05, 3.63) is 28.8 Å². The molecule has 0 aliphatic carbocycles. The second-order valence-corrected chi connectivity index (χ2v) is 5.58. The maximum Gasteiger partial charge on any atom is 0.0509 e. The van der Waals surface area contributed by atoms with Gasteiger partial charge in [-0.1, -0.05) is 24.6 Å². The van der Waals surface area contributed by atoms with Crippen molar-refractivity contribution in [2.75, 3.05) is 24.0 Å². The number of hydrogen-bond donors (Lipinski definition) is 0. The maximum atomic E-state index is 6.18. The average molecular weight is 292 g/mol. The molecule has 1 aromatic carbocycles. The standard InChI is InChI=1S/C13H19Cl2NS/c1-4-10(9-17-3)16(2)13-7-5-6-12(15)11(13)8-14/h5-7,10H,4,8-9H2,1-3H3. The second-order valence-electron chi connectivity index (χ2n) is 4.00. The van der Waals surface area contributed by atoms with Crippen LogP contribution in [-0.2, 0) is 5.88 Å². The molecule has 1 atom stereocenters. The predicted octanol–water partition coefficient (Wildman–Crippen LogP) is 4.66. The van der Waals surface area contributed by atoms with E-state index in [0.717, 1.165) is 28.4 Å². The third-order valence-corrected chi connectivity index (χ3v) is 4.33. The summed E-state index contributed by atoms with van der Waals surface area (Å²) < 4.78 is 0. The normalized spacial score (nSPS) is 12.5. The Bertz CT molecular complexity index is 357. The molecule has 1 unspecified atom stereocenters. The molecule has 0 radical (unpaired) electrons. The largest absolute Gasteiger partial charge is 0.370 e. The monoisotopic (exact) mass is 291 g/mol. The highest BCUT2D eigenvalue weighted by Gasteiger charge is 2.16. The van der Waals surface area contributed by atoms with Gasteiger partial charge < -0.3 is 4.90 Å². The Morgan fingerprint density at radius 2 is 2.12 bits per heavy atom. The van der Waals surface area contributed by atoms with E-state index < -0.39 is 0 Å². The van der Waals surface area contributed by atoms with Gasteiger partial charge in [0, 0.05) is 35.1 Å². The van der Waals surface area contributed by atoms with Crippen LogP contribution in [0.1, 0.15) is 18.9 Å². The van der Waals surface area contributed by atoms with Gasteiger partial charge in [0.15, 0.2) is 0 Å².